The molecule has 1 unspecified atom stereocenters. The molecule has 0 radical (unpaired) electrons. The van der Waals surface area contributed by atoms with E-state index < -0.39 is 17.9 Å². The van der Waals surface area contributed by atoms with Crippen LogP contribution in [0.4, 0.5) is 0 Å². The molecule has 0 saturated carbocycles. The number of hydrazone groups is 1. The number of hydrogen-bond donors (Lipinski definition) is 2. The molecule has 10 heteroatoms. The fourth-order valence-corrected chi connectivity index (χ4v) is 3.67. The Bertz CT molecular complexity index is 1040. The number of fused-ring (bicyclic) bond motifs is 1. The predicted octanol–water partition coefficient (Wildman–Crippen LogP) is 3.10. The zero-order chi connectivity index (χ0) is 23.3. The molecule has 1 heterocycles. The molecule has 1 aliphatic heterocycles. The average Bonchev–Trinajstić information content (AvgIpc) is 3.24. The first-order valence-electron chi connectivity index (χ1n) is 9.79. The van der Waals surface area contributed by atoms with Gasteiger partial charge >= 0.3 is 0 Å². The molecule has 0 aromatic heterocycles. The van der Waals surface area contributed by atoms with Crippen molar-refractivity contribution in [3.05, 3.63) is 45.9 Å². The van der Waals surface area contributed by atoms with Crippen molar-refractivity contribution < 1.29 is 28.5 Å². The van der Waals surface area contributed by atoms with Gasteiger partial charge in [-0.3, -0.25) is 9.59 Å². The minimum Gasteiger partial charge on any atom is -0.493 e. The van der Waals surface area contributed by atoms with Gasteiger partial charge in [-0.2, -0.15) is 5.10 Å². The molecule has 170 valence electrons. The molecule has 2 N–H and O–H groups in total. The summed E-state index contributed by atoms with van der Waals surface area (Å²) < 4.78 is 21.8. The summed E-state index contributed by atoms with van der Waals surface area (Å²) in [4.78, 5) is 25.4. The molecule has 1 atom stereocenters. The lowest BCUT2D eigenvalue weighted by molar-refractivity contribution is -0.123. The smallest absolute Gasteiger partial charge is 0.262 e. The second-order valence-corrected chi connectivity index (χ2v) is 8.09. The van der Waals surface area contributed by atoms with E-state index in [1.54, 1.807) is 37.4 Å². The van der Waals surface area contributed by atoms with E-state index in [4.69, 9.17) is 18.9 Å². The van der Waals surface area contributed by atoms with Crippen molar-refractivity contribution >= 4 is 34.0 Å². The Morgan fingerprint density at radius 3 is 2.56 bits per heavy atom. The van der Waals surface area contributed by atoms with Gasteiger partial charge in [-0.15, -0.1) is 0 Å². The number of carbonyl (C=O) groups is 2. The van der Waals surface area contributed by atoms with Crippen molar-refractivity contribution in [3.8, 4) is 23.0 Å². The Morgan fingerprint density at radius 2 is 1.88 bits per heavy atom. The van der Waals surface area contributed by atoms with E-state index in [1.165, 1.54) is 13.3 Å². The largest absolute Gasteiger partial charge is 0.493 e. The van der Waals surface area contributed by atoms with Crippen molar-refractivity contribution in [1.29, 1.82) is 0 Å². The van der Waals surface area contributed by atoms with Gasteiger partial charge in [0, 0.05) is 5.56 Å². The first-order valence-corrected chi connectivity index (χ1v) is 10.6. The Kier molecular flexibility index (Phi) is 7.57. The summed E-state index contributed by atoms with van der Waals surface area (Å²) in [5, 5.41) is 6.76. The van der Waals surface area contributed by atoms with Gasteiger partial charge < -0.3 is 24.3 Å². The number of methoxy groups -OCH3 is 2. The second-order valence-electron chi connectivity index (χ2n) is 7.24. The number of halogens is 1. The summed E-state index contributed by atoms with van der Waals surface area (Å²) in [7, 11) is 3.07. The van der Waals surface area contributed by atoms with Crippen LogP contribution in [0.25, 0.3) is 0 Å². The normalized spacial score (nSPS) is 13.2. The fraction of sp³-hybridized carbons (Fsp3) is 0.318. The van der Waals surface area contributed by atoms with Gasteiger partial charge in [0.2, 0.25) is 6.79 Å². The Morgan fingerprint density at radius 1 is 1.12 bits per heavy atom. The summed E-state index contributed by atoms with van der Waals surface area (Å²) in [5.74, 6) is 1.14. The summed E-state index contributed by atoms with van der Waals surface area (Å²) in [6.45, 7) is 3.78. The predicted molar refractivity (Wildman–Crippen MR) is 122 cm³/mol. The molecule has 1 aliphatic rings. The standard InChI is InChI=1S/C22H24BrN3O6/c1-12(2)19(25-21(27)14-5-6-16-17(9-14)32-11-31-16)22(28)26-24-10-13-7-15(23)20(30-4)18(8-13)29-3/h5-10,12,19H,11H2,1-4H3,(H,25,27)(H,26,28). The third-order valence-corrected chi connectivity index (χ3v) is 5.30. The topological polar surface area (TPSA) is 107 Å². The van der Waals surface area contributed by atoms with E-state index in [2.05, 4.69) is 31.8 Å². The number of nitrogens with zero attached hydrogens (tertiary/aromatic N) is 1. The van der Waals surface area contributed by atoms with E-state index in [9.17, 15) is 9.59 Å². The summed E-state index contributed by atoms with van der Waals surface area (Å²) >= 11 is 3.41. The van der Waals surface area contributed by atoms with Crippen LogP contribution in [0.5, 0.6) is 23.0 Å². The monoisotopic (exact) mass is 505 g/mol. The molecule has 9 nitrogen and oxygen atoms in total. The van der Waals surface area contributed by atoms with Crippen molar-refractivity contribution in [1.82, 2.24) is 10.7 Å². The van der Waals surface area contributed by atoms with E-state index >= 15 is 0 Å². The quantitative estimate of drug-likeness (QED) is 0.421. The first-order chi connectivity index (χ1) is 15.3. The molecule has 0 saturated heterocycles. The summed E-state index contributed by atoms with van der Waals surface area (Å²) in [5.41, 5.74) is 3.53. The highest BCUT2D eigenvalue weighted by molar-refractivity contribution is 9.10. The van der Waals surface area contributed by atoms with Crippen LogP contribution in [0.15, 0.2) is 39.9 Å². The van der Waals surface area contributed by atoms with Crippen molar-refractivity contribution in [2.45, 2.75) is 19.9 Å². The lowest BCUT2D eigenvalue weighted by Crippen LogP contribution is -2.48. The van der Waals surface area contributed by atoms with E-state index in [1.807, 2.05) is 13.8 Å². The molecule has 0 spiro atoms. The van der Waals surface area contributed by atoms with Gasteiger partial charge in [-0.1, -0.05) is 13.8 Å². The highest BCUT2D eigenvalue weighted by Crippen LogP contribution is 2.36. The van der Waals surface area contributed by atoms with Gasteiger partial charge in [-0.05, 0) is 57.7 Å². The lowest BCUT2D eigenvalue weighted by Gasteiger charge is -2.20. The average molecular weight is 506 g/mol. The van der Waals surface area contributed by atoms with Gasteiger partial charge in [0.1, 0.15) is 6.04 Å². The van der Waals surface area contributed by atoms with Crippen molar-refractivity contribution in [2.24, 2.45) is 11.0 Å². The number of amides is 2. The van der Waals surface area contributed by atoms with Crippen LogP contribution >= 0.6 is 15.9 Å². The maximum Gasteiger partial charge on any atom is 0.262 e. The summed E-state index contributed by atoms with van der Waals surface area (Å²) in [6, 6.07) is 7.57. The SMILES string of the molecule is COc1cc(C=NNC(=O)C(NC(=O)c2ccc3c(c2)OCO3)C(C)C)cc(Br)c1OC. The number of ether oxygens (including phenoxy) is 4. The zero-order valence-corrected chi connectivity index (χ0v) is 19.7. The van der Waals surface area contributed by atoms with Crippen LogP contribution in [0.2, 0.25) is 0 Å². The van der Waals surface area contributed by atoms with Crippen molar-refractivity contribution in [3.63, 3.8) is 0 Å². The molecule has 0 aliphatic carbocycles. The van der Waals surface area contributed by atoms with Crippen LogP contribution in [0, 0.1) is 5.92 Å². The van der Waals surface area contributed by atoms with Gasteiger partial charge in [-0.25, -0.2) is 5.43 Å². The number of rotatable bonds is 8. The van der Waals surface area contributed by atoms with Crippen LogP contribution in [0.1, 0.15) is 29.8 Å². The third kappa shape index (κ3) is 5.31. The minimum atomic E-state index is -0.790. The van der Waals surface area contributed by atoms with E-state index in [-0.39, 0.29) is 12.7 Å². The maximum atomic E-state index is 12.7. The fourth-order valence-electron chi connectivity index (χ4n) is 3.05. The Balaban J connectivity index is 1.66. The number of benzene rings is 2. The maximum absolute atomic E-state index is 12.7. The Hall–Kier alpha value is -3.27. The van der Waals surface area contributed by atoms with Crippen LogP contribution in [0.3, 0.4) is 0 Å². The van der Waals surface area contributed by atoms with Crippen LogP contribution in [-0.2, 0) is 4.79 Å². The highest BCUT2D eigenvalue weighted by atomic mass is 79.9. The molecule has 32 heavy (non-hydrogen) atoms. The molecular formula is C22H24BrN3O6. The molecule has 2 amide bonds. The molecule has 0 bridgehead atoms. The van der Waals surface area contributed by atoms with Gasteiger partial charge in [0.15, 0.2) is 23.0 Å². The molecule has 2 aromatic carbocycles. The van der Waals surface area contributed by atoms with E-state index in [0.29, 0.717) is 38.6 Å². The highest BCUT2D eigenvalue weighted by Gasteiger charge is 2.25. The number of hydrogen-bond acceptors (Lipinski definition) is 7. The summed E-state index contributed by atoms with van der Waals surface area (Å²) in [6.07, 6.45) is 1.47. The molecule has 2 aromatic rings. The number of nitrogens with one attached hydrogen (secondary N) is 2. The first kappa shape index (κ1) is 23.4. The van der Waals surface area contributed by atoms with Crippen LogP contribution < -0.4 is 29.7 Å². The van der Waals surface area contributed by atoms with Gasteiger partial charge in [0.05, 0.1) is 24.9 Å². The molecule has 3 rings (SSSR count). The van der Waals surface area contributed by atoms with Crippen LogP contribution in [-0.4, -0.2) is 45.1 Å². The van der Waals surface area contributed by atoms with Crippen molar-refractivity contribution in [2.75, 3.05) is 21.0 Å². The third-order valence-electron chi connectivity index (χ3n) is 4.71. The lowest BCUT2D eigenvalue weighted by atomic mass is 10.0. The molecule has 0 fully saturated rings. The number of carbonyl (C=O) groups excluding carboxylic acids is 2. The minimum absolute atomic E-state index is 0.117. The van der Waals surface area contributed by atoms with Gasteiger partial charge in [0.25, 0.3) is 11.8 Å². The molecular weight excluding hydrogens is 482 g/mol. The van der Waals surface area contributed by atoms with E-state index in [0.717, 1.165) is 0 Å². The second kappa shape index (κ2) is 10.4. The Labute approximate surface area is 194 Å². The zero-order valence-electron chi connectivity index (χ0n) is 18.1.